The Morgan fingerprint density at radius 1 is 1.00 bits per heavy atom. The number of ether oxygens (including phenoxy) is 2. The SMILES string of the molecule is COC(=O)c1[nH]c(C)c(C(=O)CN(Cc2ccncc2)C(=O)c2ccc(OC)cc2)c1C. The van der Waals surface area contributed by atoms with Gasteiger partial charge < -0.3 is 19.4 Å². The molecule has 1 amide bonds. The Labute approximate surface area is 186 Å². The fourth-order valence-corrected chi connectivity index (χ4v) is 3.55. The standard InChI is InChI=1S/C24H25N3O5/c1-15-21(16(2)26-22(15)24(30)32-4)20(28)14-27(13-17-9-11-25-12-10-17)23(29)18-5-7-19(31-3)8-6-18/h5-12,26H,13-14H2,1-4H3. The van der Waals surface area contributed by atoms with Crippen LogP contribution in [0.2, 0.25) is 0 Å². The van der Waals surface area contributed by atoms with E-state index >= 15 is 0 Å². The molecule has 0 atom stereocenters. The summed E-state index contributed by atoms with van der Waals surface area (Å²) in [7, 11) is 2.83. The molecule has 1 N–H and O–H groups in total. The monoisotopic (exact) mass is 435 g/mol. The lowest BCUT2D eigenvalue weighted by Gasteiger charge is -2.22. The van der Waals surface area contributed by atoms with Crippen LogP contribution in [-0.4, -0.2) is 53.3 Å². The molecule has 32 heavy (non-hydrogen) atoms. The largest absolute Gasteiger partial charge is 0.497 e. The van der Waals surface area contributed by atoms with Crippen LogP contribution in [0.1, 0.15) is 48.0 Å². The van der Waals surface area contributed by atoms with Crippen LogP contribution in [0.3, 0.4) is 0 Å². The van der Waals surface area contributed by atoms with Crippen molar-refractivity contribution in [3.8, 4) is 5.75 Å². The van der Waals surface area contributed by atoms with Crippen LogP contribution in [0.5, 0.6) is 5.75 Å². The number of aryl methyl sites for hydroxylation is 1. The van der Waals surface area contributed by atoms with Gasteiger partial charge in [0.15, 0.2) is 5.78 Å². The number of pyridine rings is 1. The molecule has 0 aliphatic carbocycles. The van der Waals surface area contributed by atoms with Crippen LogP contribution in [0, 0.1) is 13.8 Å². The smallest absolute Gasteiger partial charge is 0.354 e. The van der Waals surface area contributed by atoms with Crippen molar-refractivity contribution in [3.05, 3.63) is 82.4 Å². The van der Waals surface area contributed by atoms with Crippen molar-refractivity contribution in [3.63, 3.8) is 0 Å². The predicted molar refractivity (Wildman–Crippen MR) is 118 cm³/mol. The van der Waals surface area contributed by atoms with E-state index in [9.17, 15) is 14.4 Å². The average molecular weight is 435 g/mol. The number of rotatable bonds is 8. The molecule has 0 saturated carbocycles. The third-order valence-corrected chi connectivity index (χ3v) is 5.19. The van der Waals surface area contributed by atoms with Gasteiger partial charge in [-0.05, 0) is 61.4 Å². The first-order valence-electron chi connectivity index (χ1n) is 9.98. The van der Waals surface area contributed by atoms with Gasteiger partial charge in [0.1, 0.15) is 11.4 Å². The first-order valence-corrected chi connectivity index (χ1v) is 9.98. The lowest BCUT2D eigenvalue weighted by molar-refractivity contribution is 0.0593. The van der Waals surface area contributed by atoms with E-state index < -0.39 is 5.97 Å². The molecule has 3 rings (SSSR count). The van der Waals surface area contributed by atoms with Gasteiger partial charge in [-0.2, -0.15) is 0 Å². The van der Waals surface area contributed by atoms with Crippen LogP contribution < -0.4 is 4.74 Å². The van der Waals surface area contributed by atoms with Gasteiger partial charge in [0.2, 0.25) is 0 Å². The van der Waals surface area contributed by atoms with Gasteiger partial charge in [-0.25, -0.2) is 4.79 Å². The summed E-state index contributed by atoms with van der Waals surface area (Å²) in [5, 5.41) is 0. The van der Waals surface area contributed by atoms with Gasteiger partial charge in [0.05, 0.1) is 20.8 Å². The molecule has 2 aromatic heterocycles. The number of esters is 1. The topological polar surface area (TPSA) is 102 Å². The zero-order valence-electron chi connectivity index (χ0n) is 18.5. The maximum Gasteiger partial charge on any atom is 0.354 e. The molecule has 2 heterocycles. The van der Waals surface area contributed by atoms with E-state index in [0.717, 1.165) is 5.56 Å². The molecular weight excluding hydrogens is 410 g/mol. The zero-order chi connectivity index (χ0) is 23.3. The summed E-state index contributed by atoms with van der Waals surface area (Å²) in [4.78, 5) is 46.9. The van der Waals surface area contributed by atoms with Crippen molar-refractivity contribution in [2.45, 2.75) is 20.4 Å². The van der Waals surface area contributed by atoms with Crippen LogP contribution in [0.25, 0.3) is 0 Å². The molecule has 0 aliphatic heterocycles. The highest BCUT2D eigenvalue weighted by molar-refractivity contribution is 6.05. The maximum atomic E-state index is 13.3. The Hall–Kier alpha value is -3.94. The van der Waals surface area contributed by atoms with E-state index in [1.807, 2.05) is 0 Å². The first kappa shape index (κ1) is 22.7. The Bertz CT molecular complexity index is 1120. The number of ketones is 1. The van der Waals surface area contributed by atoms with Gasteiger partial charge in [-0.3, -0.25) is 14.6 Å². The summed E-state index contributed by atoms with van der Waals surface area (Å²) in [6, 6.07) is 10.3. The summed E-state index contributed by atoms with van der Waals surface area (Å²) in [6.07, 6.45) is 3.27. The number of carbonyl (C=O) groups is 3. The molecule has 0 saturated heterocycles. The Morgan fingerprint density at radius 3 is 2.25 bits per heavy atom. The highest BCUT2D eigenvalue weighted by Gasteiger charge is 2.26. The number of methoxy groups -OCH3 is 2. The molecule has 0 spiro atoms. The van der Waals surface area contributed by atoms with Crippen LogP contribution in [0.15, 0.2) is 48.8 Å². The number of carbonyl (C=O) groups excluding carboxylic acids is 3. The number of aromatic nitrogens is 2. The molecule has 0 radical (unpaired) electrons. The summed E-state index contributed by atoms with van der Waals surface area (Å²) < 4.78 is 9.94. The molecular formula is C24H25N3O5. The predicted octanol–water partition coefficient (Wildman–Crippen LogP) is 3.35. The molecule has 0 aliphatic rings. The van der Waals surface area contributed by atoms with Crippen LogP contribution in [0.4, 0.5) is 0 Å². The number of nitrogens with zero attached hydrogens (tertiary/aromatic N) is 2. The minimum atomic E-state index is -0.549. The molecule has 0 unspecified atom stereocenters. The summed E-state index contributed by atoms with van der Waals surface area (Å²) in [6.45, 7) is 3.46. The van der Waals surface area contributed by atoms with E-state index in [-0.39, 0.29) is 30.5 Å². The van der Waals surface area contributed by atoms with E-state index in [1.165, 1.54) is 12.0 Å². The minimum absolute atomic E-state index is 0.159. The van der Waals surface area contributed by atoms with Gasteiger partial charge in [-0.15, -0.1) is 0 Å². The maximum absolute atomic E-state index is 13.3. The molecule has 3 aromatic rings. The summed E-state index contributed by atoms with van der Waals surface area (Å²) in [5.74, 6) is -0.487. The minimum Gasteiger partial charge on any atom is -0.497 e. The number of Topliss-reactive ketones (excluding diaryl/α,β-unsaturated/α-hetero) is 1. The number of benzene rings is 1. The molecule has 8 nitrogen and oxygen atoms in total. The number of hydrogen-bond donors (Lipinski definition) is 1. The summed E-state index contributed by atoms with van der Waals surface area (Å²) in [5.41, 5.74) is 2.94. The van der Waals surface area contributed by atoms with E-state index in [1.54, 1.807) is 69.7 Å². The van der Waals surface area contributed by atoms with Gasteiger partial charge in [0.25, 0.3) is 5.91 Å². The second-order valence-electron chi connectivity index (χ2n) is 7.28. The molecule has 166 valence electrons. The lowest BCUT2D eigenvalue weighted by Crippen LogP contribution is -2.35. The number of amides is 1. The highest BCUT2D eigenvalue weighted by atomic mass is 16.5. The third kappa shape index (κ3) is 4.85. The number of aromatic amines is 1. The van der Waals surface area contributed by atoms with Crippen molar-refractivity contribution in [1.82, 2.24) is 14.9 Å². The Kier molecular flexibility index (Phi) is 7.04. The zero-order valence-corrected chi connectivity index (χ0v) is 18.5. The Morgan fingerprint density at radius 2 is 1.66 bits per heavy atom. The fourth-order valence-electron chi connectivity index (χ4n) is 3.55. The average Bonchev–Trinajstić information content (AvgIpc) is 3.12. The third-order valence-electron chi connectivity index (χ3n) is 5.19. The van der Waals surface area contributed by atoms with E-state index in [2.05, 4.69) is 9.97 Å². The van der Waals surface area contributed by atoms with Crippen molar-refractivity contribution >= 4 is 17.7 Å². The van der Waals surface area contributed by atoms with Gasteiger partial charge >= 0.3 is 5.97 Å². The normalized spacial score (nSPS) is 10.5. The van der Waals surface area contributed by atoms with Crippen LogP contribution in [-0.2, 0) is 11.3 Å². The van der Waals surface area contributed by atoms with Crippen molar-refractivity contribution in [2.75, 3.05) is 20.8 Å². The van der Waals surface area contributed by atoms with E-state index in [4.69, 9.17) is 9.47 Å². The summed E-state index contributed by atoms with van der Waals surface area (Å²) >= 11 is 0. The lowest BCUT2D eigenvalue weighted by atomic mass is 10.0. The second kappa shape index (κ2) is 9.91. The first-order chi connectivity index (χ1) is 15.3. The number of H-pyrrole nitrogens is 1. The molecule has 0 fully saturated rings. The highest BCUT2D eigenvalue weighted by Crippen LogP contribution is 2.21. The molecule has 1 aromatic carbocycles. The fraction of sp³-hybridized carbons (Fsp3) is 0.250. The van der Waals surface area contributed by atoms with Crippen molar-refractivity contribution < 1.29 is 23.9 Å². The van der Waals surface area contributed by atoms with Crippen molar-refractivity contribution in [1.29, 1.82) is 0 Å². The van der Waals surface area contributed by atoms with Crippen molar-refractivity contribution in [2.24, 2.45) is 0 Å². The quantitative estimate of drug-likeness (QED) is 0.430. The molecule has 0 bridgehead atoms. The Balaban J connectivity index is 1.91. The number of nitrogens with one attached hydrogen (secondary N) is 1. The van der Waals surface area contributed by atoms with Gasteiger partial charge in [0, 0.05) is 35.8 Å². The van der Waals surface area contributed by atoms with Gasteiger partial charge in [-0.1, -0.05) is 0 Å². The molecule has 8 heteroatoms. The van der Waals surface area contributed by atoms with Crippen LogP contribution >= 0.6 is 0 Å². The number of hydrogen-bond acceptors (Lipinski definition) is 6. The van der Waals surface area contributed by atoms with E-state index in [0.29, 0.717) is 28.1 Å². The second-order valence-corrected chi connectivity index (χ2v) is 7.28.